The van der Waals surface area contributed by atoms with E-state index in [1.54, 1.807) is 6.26 Å². The van der Waals surface area contributed by atoms with Crippen molar-refractivity contribution in [2.45, 2.75) is 39.5 Å². The molecule has 5 nitrogen and oxygen atoms in total. The molecule has 0 aliphatic carbocycles. The molecule has 2 rings (SSSR count). The van der Waals surface area contributed by atoms with Gasteiger partial charge in [-0.15, -0.1) is 0 Å². The van der Waals surface area contributed by atoms with Crippen LogP contribution in [0.4, 0.5) is 0 Å². The van der Waals surface area contributed by atoms with Gasteiger partial charge in [0, 0.05) is 43.5 Å². The summed E-state index contributed by atoms with van der Waals surface area (Å²) >= 11 is 0. The van der Waals surface area contributed by atoms with Crippen molar-refractivity contribution in [3.8, 4) is 0 Å². The lowest BCUT2D eigenvalue weighted by atomic mass is 10.2. The predicted molar refractivity (Wildman–Crippen MR) is 79.1 cm³/mol. The van der Waals surface area contributed by atoms with E-state index < -0.39 is 0 Å². The number of hydrogen-bond donors (Lipinski definition) is 1. The Kier molecular flexibility index (Phi) is 4.98. The van der Waals surface area contributed by atoms with Gasteiger partial charge >= 0.3 is 0 Å². The fourth-order valence-corrected chi connectivity index (χ4v) is 2.14. The molecule has 0 saturated carbocycles. The van der Waals surface area contributed by atoms with E-state index in [1.807, 2.05) is 30.2 Å². The second kappa shape index (κ2) is 6.72. The molecule has 0 bridgehead atoms. The summed E-state index contributed by atoms with van der Waals surface area (Å²) < 4.78 is 7.44. The van der Waals surface area contributed by atoms with Crippen LogP contribution < -0.4 is 5.32 Å². The van der Waals surface area contributed by atoms with E-state index in [4.69, 9.17) is 4.42 Å². The molecule has 0 radical (unpaired) electrons. The molecule has 2 aromatic rings. The highest BCUT2D eigenvalue weighted by molar-refractivity contribution is 5.17. The normalized spacial score (nSPS) is 11.7. The van der Waals surface area contributed by atoms with E-state index in [9.17, 15) is 0 Å². The van der Waals surface area contributed by atoms with Crippen molar-refractivity contribution in [1.29, 1.82) is 0 Å². The summed E-state index contributed by atoms with van der Waals surface area (Å²) in [5.41, 5.74) is 2.44. The lowest BCUT2D eigenvalue weighted by Crippen LogP contribution is -2.23. The third kappa shape index (κ3) is 4.21. The van der Waals surface area contributed by atoms with Crippen molar-refractivity contribution >= 4 is 0 Å². The minimum Gasteiger partial charge on any atom is -0.468 e. The highest BCUT2D eigenvalue weighted by Gasteiger charge is 2.10. The van der Waals surface area contributed by atoms with Gasteiger partial charge in [0.05, 0.1) is 19.0 Å². The molecule has 0 saturated heterocycles. The van der Waals surface area contributed by atoms with Gasteiger partial charge in [-0.1, -0.05) is 13.8 Å². The Bertz CT molecular complexity index is 529. The highest BCUT2D eigenvalue weighted by atomic mass is 16.3. The summed E-state index contributed by atoms with van der Waals surface area (Å²) in [7, 11) is 4.03. The SMILES string of the molecule is CC(C)NCc1ccoc1CN(C)Cc1cnn(C)c1. The van der Waals surface area contributed by atoms with Gasteiger partial charge in [-0.05, 0) is 13.1 Å². The van der Waals surface area contributed by atoms with Gasteiger partial charge in [-0.25, -0.2) is 0 Å². The maximum absolute atomic E-state index is 5.61. The smallest absolute Gasteiger partial charge is 0.122 e. The number of furan rings is 1. The fraction of sp³-hybridized carbons (Fsp3) is 0.533. The molecule has 2 heterocycles. The first-order chi connectivity index (χ1) is 9.54. The zero-order valence-electron chi connectivity index (χ0n) is 12.8. The molecule has 5 heteroatoms. The molecular weight excluding hydrogens is 252 g/mol. The zero-order valence-corrected chi connectivity index (χ0v) is 12.8. The third-order valence-electron chi connectivity index (χ3n) is 3.16. The Balaban J connectivity index is 1.90. The topological polar surface area (TPSA) is 46.2 Å². The summed E-state index contributed by atoms with van der Waals surface area (Å²) in [5.74, 6) is 1.03. The maximum Gasteiger partial charge on any atom is 0.122 e. The van der Waals surface area contributed by atoms with Gasteiger partial charge < -0.3 is 9.73 Å². The molecule has 1 N–H and O–H groups in total. The van der Waals surface area contributed by atoms with E-state index in [-0.39, 0.29) is 0 Å². The van der Waals surface area contributed by atoms with Crippen LogP contribution in [0, 0.1) is 0 Å². The van der Waals surface area contributed by atoms with E-state index in [0.717, 1.165) is 25.4 Å². The van der Waals surface area contributed by atoms with E-state index >= 15 is 0 Å². The molecule has 0 aliphatic heterocycles. The summed E-state index contributed by atoms with van der Waals surface area (Å²) in [4.78, 5) is 2.23. The van der Waals surface area contributed by atoms with Gasteiger partial charge in [0.15, 0.2) is 0 Å². The molecular formula is C15H24N4O. The first-order valence-electron chi connectivity index (χ1n) is 6.99. The molecule has 20 heavy (non-hydrogen) atoms. The van der Waals surface area contributed by atoms with E-state index in [1.165, 1.54) is 11.1 Å². The minimum absolute atomic E-state index is 0.478. The second-order valence-corrected chi connectivity index (χ2v) is 5.60. The van der Waals surface area contributed by atoms with Crippen molar-refractivity contribution in [1.82, 2.24) is 20.0 Å². The Morgan fingerprint density at radius 1 is 1.40 bits per heavy atom. The lowest BCUT2D eigenvalue weighted by molar-refractivity contribution is 0.285. The number of nitrogens with one attached hydrogen (secondary N) is 1. The summed E-state index contributed by atoms with van der Waals surface area (Å²) in [6.45, 7) is 6.81. The predicted octanol–water partition coefficient (Wildman–Crippen LogP) is 2.14. The van der Waals surface area contributed by atoms with Crippen molar-refractivity contribution in [2.24, 2.45) is 7.05 Å². The largest absolute Gasteiger partial charge is 0.468 e. The van der Waals surface area contributed by atoms with Crippen LogP contribution in [-0.2, 0) is 26.7 Å². The van der Waals surface area contributed by atoms with Crippen LogP contribution in [0.2, 0.25) is 0 Å². The Morgan fingerprint density at radius 2 is 2.20 bits per heavy atom. The number of rotatable bonds is 7. The van der Waals surface area contributed by atoms with Crippen molar-refractivity contribution in [3.05, 3.63) is 41.6 Å². The second-order valence-electron chi connectivity index (χ2n) is 5.60. The average Bonchev–Trinajstić information content (AvgIpc) is 2.96. The van der Waals surface area contributed by atoms with Gasteiger partial charge in [-0.3, -0.25) is 9.58 Å². The number of hydrogen-bond acceptors (Lipinski definition) is 4. The third-order valence-corrected chi connectivity index (χ3v) is 3.16. The van der Waals surface area contributed by atoms with Crippen LogP contribution in [0.25, 0.3) is 0 Å². The van der Waals surface area contributed by atoms with Crippen LogP contribution in [-0.4, -0.2) is 27.8 Å². The van der Waals surface area contributed by atoms with Crippen molar-refractivity contribution in [2.75, 3.05) is 7.05 Å². The quantitative estimate of drug-likeness (QED) is 0.841. The molecule has 2 aromatic heterocycles. The van der Waals surface area contributed by atoms with E-state index in [2.05, 4.69) is 36.2 Å². The average molecular weight is 276 g/mol. The van der Waals surface area contributed by atoms with Crippen LogP contribution in [0.1, 0.15) is 30.7 Å². The molecule has 0 fully saturated rings. The number of aryl methyl sites for hydroxylation is 1. The molecule has 0 atom stereocenters. The monoisotopic (exact) mass is 276 g/mol. The summed E-state index contributed by atoms with van der Waals surface area (Å²) in [6.07, 6.45) is 5.71. The first kappa shape index (κ1) is 14.8. The van der Waals surface area contributed by atoms with Gasteiger partial charge in [0.25, 0.3) is 0 Å². The van der Waals surface area contributed by atoms with Gasteiger partial charge in [0.2, 0.25) is 0 Å². The molecule has 110 valence electrons. The first-order valence-corrected chi connectivity index (χ1v) is 6.99. The maximum atomic E-state index is 5.61. The number of nitrogens with zero attached hydrogens (tertiary/aromatic N) is 3. The molecule has 0 spiro atoms. The van der Waals surface area contributed by atoms with Crippen molar-refractivity contribution in [3.63, 3.8) is 0 Å². The van der Waals surface area contributed by atoms with Gasteiger partial charge in [0.1, 0.15) is 5.76 Å². The Morgan fingerprint density at radius 3 is 2.85 bits per heavy atom. The van der Waals surface area contributed by atoms with Crippen LogP contribution >= 0.6 is 0 Å². The van der Waals surface area contributed by atoms with Crippen LogP contribution in [0.15, 0.2) is 29.1 Å². The highest BCUT2D eigenvalue weighted by Crippen LogP contribution is 2.14. The fourth-order valence-electron chi connectivity index (χ4n) is 2.14. The zero-order chi connectivity index (χ0) is 14.5. The lowest BCUT2D eigenvalue weighted by Gasteiger charge is -2.15. The van der Waals surface area contributed by atoms with Crippen molar-refractivity contribution < 1.29 is 4.42 Å². The Labute approximate surface area is 120 Å². The van der Waals surface area contributed by atoms with Gasteiger partial charge in [-0.2, -0.15) is 5.10 Å². The number of aromatic nitrogens is 2. The van der Waals surface area contributed by atoms with Crippen LogP contribution in [0.3, 0.4) is 0 Å². The van der Waals surface area contributed by atoms with E-state index in [0.29, 0.717) is 6.04 Å². The molecule has 0 unspecified atom stereocenters. The Hall–Kier alpha value is -1.59. The standard InChI is InChI=1S/C15H24N4O/c1-12(2)16-8-14-5-6-20-15(14)11-18(3)9-13-7-17-19(4)10-13/h5-7,10,12,16H,8-9,11H2,1-4H3. The molecule has 0 aromatic carbocycles. The summed E-state index contributed by atoms with van der Waals surface area (Å²) in [6, 6.07) is 2.52. The molecule has 0 aliphatic rings. The minimum atomic E-state index is 0.478. The van der Waals surface area contributed by atoms with Crippen LogP contribution in [0.5, 0.6) is 0 Å². The summed E-state index contributed by atoms with van der Waals surface area (Å²) in [5, 5.41) is 7.61. The molecule has 0 amide bonds.